The number of hydrogen-bond acceptors (Lipinski definition) is 3. The van der Waals surface area contributed by atoms with Gasteiger partial charge >= 0.3 is 0 Å². The minimum atomic E-state index is 0.531. The predicted molar refractivity (Wildman–Crippen MR) is 285 cm³/mol. The summed E-state index contributed by atoms with van der Waals surface area (Å²) in [5.74, 6) is 1.70. The lowest BCUT2D eigenvalue weighted by atomic mass is 9.96. The largest absolute Gasteiger partial charge is 0.309 e. The highest BCUT2D eigenvalue weighted by Crippen LogP contribution is 2.43. The molecule has 0 spiro atoms. The first-order chi connectivity index (χ1) is 34.2. The Kier molecular flexibility index (Phi) is 8.79. The predicted octanol–water partition coefficient (Wildman–Crippen LogP) is 15.8. The van der Waals surface area contributed by atoms with Gasteiger partial charge in [-0.1, -0.05) is 182 Å². The van der Waals surface area contributed by atoms with Crippen LogP contribution >= 0.6 is 0 Å². The summed E-state index contributed by atoms with van der Waals surface area (Å²) in [6.07, 6.45) is 0. The SMILES string of the molecule is c1ccc(-c2cc(-c3ccccc3)cc(-c3nc(-c4ccccc4)nc(-n4c5ccccc5c5cc(-n6c7ccccc7c7ccccc76)cc(-n6c7ccccc7c7ccccc76)c54)n3)c2)cc1. The molecule has 10 aromatic carbocycles. The molecular weight excluding hydrogens is 841 g/mol. The second kappa shape index (κ2) is 15.6. The molecule has 0 fully saturated rings. The molecule has 0 saturated carbocycles. The summed E-state index contributed by atoms with van der Waals surface area (Å²) in [6.45, 7) is 0. The van der Waals surface area contributed by atoms with E-state index in [1.807, 2.05) is 18.2 Å². The molecule has 0 N–H and O–H groups in total. The zero-order chi connectivity index (χ0) is 45.4. The van der Waals surface area contributed by atoms with Gasteiger partial charge < -0.3 is 9.13 Å². The van der Waals surface area contributed by atoms with Crippen LogP contribution in [0.4, 0.5) is 0 Å². The van der Waals surface area contributed by atoms with Crippen LogP contribution in [0.1, 0.15) is 0 Å². The fourth-order valence-corrected chi connectivity index (χ4v) is 10.6. The third-order valence-electron chi connectivity index (χ3n) is 13.7. The van der Waals surface area contributed by atoms with Gasteiger partial charge in [0.25, 0.3) is 0 Å². The third kappa shape index (κ3) is 6.23. The molecule has 0 unspecified atom stereocenters. The maximum Gasteiger partial charge on any atom is 0.238 e. The van der Waals surface area contributed by atoms with E-state index in [0.29, 0.717) is 17.6 Å². The Bertz CT molecular complexity index is 4130. The van der Waals surface area contributed by atoms with Gasteiger partial charge in [0, 0.05) is 49.1 Å². The first-order valence-corrected chi connectivity index (χ1v) is 23.4. The van der Waals surface area contributed by atoms with Crippen molar-refractivity contribution in [2.75, 3.05) is 0 Å². The Labute approximate surface area is 397 Å². The highest BCUT2D eigenvalue weighted by Gasteiger charge is 2.25. The average Bonchev–Trinajstić information content (AvgIpc) is 4.07. The Morgan fingerprint density at radius 2 is 0.609 bits per heavy atom. The summed E-state index contributed by atoms with van der Waals surface area (Å²) >= 11 is 0. The van der Waals surface area contributed by atoms with Crippen molar-refractivity contribution < 1.29 is 0 Å². The van der Waals surface area contributed by atoms with Gasteiger partial charge in [0.05, 0.1) is 38.8 Å². The van der Waals surface area contributed by atoms with Crippen molar-refractivity contribution in [1.29, 1.82) is 0 Å². The van der Waals surface area contributed by atoms with E-state index in [2.05, 4.69) is 238 Å². The average molecular weight is 881 g/mol. The van der Waals surface area contributed by atoms with Crippen molar-refractivity contribution in [2.45, 2.75) is 0 Å². The minimum Gasteiger partial charge on any atom is -0.309 e. The van der Waals surface area contributed by atoms with Crippen LogP contribution in [0.5, 0.6) is 0 Å². The van der Waals surface area contributed by atoms with Crippen molar-refractivity contribution in [1.82, 2.24) is 28.7 Å². The normalized spacial score (nSPS) is 11.8. The molecule has 0 aliphatic carbocycles. The molecule has 0 saturated heterocycles. The minimum absolute atomic E-state index is 0.531. The Hall–Kier alpha value is -9.39. The topological polar surface area (TPSA) is 53.5 Å². The lowest BCUT2D eigenvalue weighted by Crippen LogP contribution is -2.08. The Balaban J connectivity index is 1.12. The molecule has 4 aromatic heterocycles. The number of rotatable bonds is 7. The van der Waals surface area contributed by atoms with Crippen molar-refractivity contribution in [3.8, 4) is 62.4 Å². The van der Waals surface area contributed by atoms with Crippen molar-refractivity contribution in [3.63, 3.8) is 0 Å². The van der Waals surface area contributed by atoms with Gasteiger partial charge in [0.15, 0.2) is 11.6 Å². The van der Waals surface area contributed by atoms with Crippen LogP contribution in [0.15, 0.2) is 243 Å². The van der Waals surface area contributed by atoms with Crippen LogP contribution in [0, 0.1) is 0 Å². The van der Waals surface area contributed by atoms with Gasteiger partial charge in [0.2, 0.25) is 5.95 Å². The van der Waals surface area contributed by atoms with Gasteiger partial charge in [-0.2, -0.15) is 9.97 Å². The standard InChI is InChI=1S/C63H40N6/c1-4-20-41(21-5-1)44-36-45(42-22-6-2-7-23-42)38-46(37-44)62-64-61(43-24-8-3-9-25-43)65-63(66-62)69-58-35-19-14-30-52(58)53-39-47(67-54-31-15-10-26-48(54)49-27-11-16-32-55(49)67)40-59(60(53)69)68-56-33-17-12-28-50(56)51-29-13-18-34-57(51)68/h1-40H. The first-order valence-electron chi connectivity index (χ1n) is 23.4. The monoisotopic (exact) mass is 880 g/mol. The molecule has 0 amide bonds. The summed E-state index contributed by atoms with van der Waals surface area (Å²) < 4.78 is 7.14. The number of nitrogens with zero attached hydrogens (tertiary/aromatic N) is 6. The van der Waals surface area contributed by atoms with Crippen LogP contribution in [0.25, 0.3) is 128 Å². The summed E-state index contributed by atoms with van der Waals surface area (Å²) in [4.78, 5) is 16.4. The second-order valence-corrected chi connectivity index (χ2v) is 17.6. The molecule has 0 aliphatic heterocycles. The van der Waals surface area contributed by atoms with Gasteiger partial charge in [-0.3, -0.25) is 4.57 Å². The van der Waals surface area contributed by atoms with Crippen molar-refractivity contribution >= 4 is 65.4 Å². The molecule has 69 heavy (non-hydrogen) atoms. The summed E-state index contributed by atoms with van der Waals surface area (Å²) in [5.41, 5.74) is 14.8. The van der Waals surface area contributed by atoms with E-state index in [1.165, 1.54) is 21.5 Å². The number of fused-ring (bicyclic) bond motifs is 9. The summed E-state index contributed by atoms with van der Waals surface area (Å²) in [7, 11) is 0. The third-order valence-corrected chi connectivity index (χ3v) is 13.7. The number of benzene rings is 10. The number of aromatic nitrogens is 6. The van der Waals surface area contributed by atoms with Crippen LogP contribution in [0.3, 0.4) is 0 Å². The Morgan fingerprint density at radius 3 is 1.09 bits per heavy atom. The molecule has 322 valence electrons. The summed E-state index contributed by atoms with van der Waals surface area (Å²) in [6, 6.07) is 86.4. The van der Waals surface area contributed by atoms with Crippen LogP contribution in [-0.2, 0) is 0 Å². The molecule has 0 aliphatic rings. The zero-order valence-corrected chi connectivity index (χ0v) is 37.3. The number of hydrogen-bond donors (Lipinski definition) is 0. The molecule has 0 radical (unpaired) electrons. The van der Waals surface area contributed by atoms with E-state index in [1.54, 1.807) is 0 Å². The molecule has 0 atom stereocenters. The quantitative estimate of drug-likeness (QED) is 0.160. The molecule has 14 rings (SSSR count). The highest BCUT2D eigenvalue weighted by molar-refractivity contribution is 6.16. The van der Waals surface area contributed by atoms with E-state index < -0.39 is 0 Å². The van der Waals surface area contributed by atoms with Crippen LogP contribution in [0.2, 0.25) is 0 Å². The Morgan fingerprint density at radius 1 is 0.246 bits per heavy atom. The smallest absolute Gasteiger partial charge is 0.238 e. The molecule has 6 heteroatoms. The van der Waals surface area contributed by atoms with Gasteiger partial charge in [0.1, 0.15) is 0 Å². The second-order valence-electron chi connectivity index (χ2n) is 17.6. The van der Waals surface area contributed by atoms with Gasteiger partial charge in [-0.25, -0.2) is 4.98 Å². The molecular formula is C63H40N6. The van der Waals surface area contributed by atoms with E-state index in [0.717, 1.165) is 88.6 Å². The van der Waals surface area contributed by atoms with Crippen LogP contribution < -0.4 is 0 Å². The molecule has 14 aromatic rings. The zero-order valence-electron chi connectivity index (χ0n) is 37.3. The lowest BCUT2D eigenvalue weighted by molar-refractivity contribution is 0.949. The van der Waals surface area contributed by atoms with E-state index in [-0.39, 0.29) is 0 Å². The van der Waals surface area contributed by atoms with Gasteiger partial charge in [-0.05, 0) is 82.9 Å². The van der Waals surface area contributed by atoms with E-state index in [9.17, 15) is 0 Å². The molecule has 4 heterocycles. The fourth-order valence-electron chi connectivity index (χ4n) is 10.6. The molecule has 0 bridgehead atoms. The molecule has 6 nitrogen and oxygen atoms in total. The first kappa shape index (κ1) is 38.8. The lowest BCUT2D eigenvalue weighted by Gasteiger charge is -2.17. The van der Waals surface area contributed by atoms with E-state index >= 15 is 0 Å². The highest BCUT2D eigenvalue weighted by atomic mass is 15.2. The number of para-hydroxylation sites is 5. The fraction of sp³-hybridized carbons (Fsp3) is 0. The van der Waals surface area contributed by atoms with Crippen molar-refractivity contribution in [3.05, 3.63) is 243 Å². The maximum absolute atomic E-state index is 5.57. The van der Waals surface area contributed by atoms with Crippen LogP contribution in [-0.4, -0.2) is 28.7 Å². The van der Waals surface area contributed by atoms with Crippen molar-refractivity contribution in [2.24, 2.45) is 0 Å². The van der Waals surface area contributed by atoms with Gasteiger partial charge in [-0.15, -0.1) is 0 Å². The van der Waals surface area contributed by atoms with E-state index in [4.69, 9.17) is 15.0 Å². The maximum atomic E-state index is 5.57. The summed E-state index contributed by atoms with van der Waals surface area (Å²) in [5, 5.41) is 6.99.